The number of nitrogens with one attached hydrogen (secondary N) is 1. The monoisotopic (exact) mass is 499 g/mol. The van der Waals surface area contributed by atoms with Crippen molar-refractivity contribution >= 4 is 16.6 Å². The molecule has 0 saturated carbocycles. The third-order valence-corrected chi connectivity index (χ3v) is 8.27. The van der Waals surface area contributed by atoms with Gasteiger partial charge in [0.15, 0.2) is 0 Å². The molecule has 6 rings (SSSR count). The van der Waals surface area contributed by atoms with E-state index in [1.54, 1.807) is 6.07 Å². The first-order chi connectivity index (χ1) is 17.2. The van der Waals surface area contributed by atoms with Crippen LogP contribution in [0.3, 0.4) is 0 Å². The van der Waals surface area contributed by atoms with E-state index in [1.165, 1.54) is 12.1 Å². The Labute approximate surface area is 207 Å². The number of hydrogen-bond acceptors (Lipinski definition) is 3. The van der Waals surface area contributed by atoms with Gasteiger partial charge in [0, 0.05) is 38.2 Å². The Morgan fingerprint density at radius 2 is 1.89 bits per heavy atom. The highest BCUT2D eigenvalue weighted by atomic mass is 19.4. The normalized spacial score (nSPS) is 20.9. The van der Waals surface area contributed by atoms with Gasteiger partial charge in [-0.3, -0.25) is 4.79 Å². The summed E-state index contributed by atoms with van der Waals surface area (Å²) < 4.78 is 54.6. The van der Waals surface area contributed by atoms with E-state index in [9.17, 15) is 22.4 Å². The molecule has 0 amide bonds. The van der Waals surface area contributed by atoms with Crippen molar-refractivity contribution in [1.29, 1.82) is 0 Å². The van der Waals surface area contributed by atoms with Crippen LogP contribution in [-0.2, 0) is 37.0 Å². The van der Waals surface area contributed by atoms with Crippen LogP contribution in [0.1, 0.15) is 59.9 Å². The van der Waals surface area contributed by atoms with Crippen LogP contribution in [0.25, 0.3) is 10.8 Å². The van der Waals surface area contributed by atoms with Gasteiger partial charge in [-0.15, -0.1) is 0 Å². The number of ketones is 1. The van der Waals surface area contributed by atoms with Gasteiger partial charge in [0.25, 0.3) is 0 Å². The summed E-state index contributed by atoms with van der Waals surface area (Å²) >= 11 is 0. The highest BCUT2D eigenvalue weighted by Crippen LogP contribution is 2.45. The van der Waals surface area contributed by atoms with Gasteiger partial charge in [0.2, 0.25) is 0 Å². The molecule has 36 heavy (non-hydrogen) atoms. The van der Waals surface area contributed by atoms with Crippen molar-refractivity contribution in [2.45, 2.75) is 70.0 Å². The molecule has 1 atom stereocenters. The number of carbonyl (C=O) groups is 1. The molecule has 1 N–H and O–H groups in total. The Morgan fingerprint density at radius 3 is 2.64 bits per heavy atom. The minimum atomic E-state index is -4.19. The lowest BCUT2D eigenvalue weighted by molar-refractivity contribution is -0.136. The average molecular weight is 500 g/mol. The largest absolute Gasteiger partial charge is 0.389 e. The van der Waals surface area contributed by atoms with E-state index in [4.69, 9.17) is 4.98 Å². The van der Waals surface area contributed by atoms with Gasteiger partial charge in [0.1, 0.15) is 17.4 Å². The molecule has 2 aliphatic carbocycles. The quantitative estimate of drug-likeness (QED) is 0.476. The molecule has 2 heterocycles. The molecule has 1 fully saturated rings. The van der Waals surface area contributed by atoms with Gasteiger partial charge in [-0.2, -0.15) is 13.2 Å². The van der Waals surface area contributed by atoms with E-state index in [1.807, 2.05) is 16.7 Å². The van der Waals surface area contributed by atoms with E-state index >= 15 is 0 Å². The molecule has 2 aromatic carbocycles. The van der Waals surface area contributed by atoms with E-state index in [-0.39, 0.29) is 24.6 Å². The number of aryl methyl sites for hydroxylation is 1. The zero-order chi connectivity index (χ0) is 25.1. The third kappa shape index (κ3) is 4.13. The topological polar surface area (TPSA) is 46.9 Å². The van der Waals surface area contributed by atoms with Crippen LogP contribution in [-0.4, -0.2) is 34.6 Å². The minimum Gasteiger partial charge on any atom is -0.332 e. The number of halogens is 4. The summed E-state index contributed by atoms with van der Waals surface area (Å²) in [5, 5.41) is 4.94. The molecule has 3 aliphatic rings. The average Bonchev–Trinajstić information content (AvgIpc) is 3.15. The smallest absolute Gasteiger partial charge is 0.332 e. The van der Waals surface area contributed by atoms with Crippen LogP contribution in [0, 0.1) is 11.2 Å². The van der Waals surface area contributed by atoms with Crippen molar-refractivity contribution in [1.82, 2.24) is 14.9 Å². The first-order valence-corrected chi connectivity index (χ1v) is 12.8. The fourth-order valence-corrected chi connectivity index (χ4v) is 6.40. The van der Waals surface area contributed by atoms with Gasteiger partial charge in [-0.1, -0.05) is 18.2 Å². The number of hydrogen-bond donors (Lipinski definition) is 1. The fourth-order valence-electron chi connectivity index (χ4n) is 6.40. The number of benzene rings is 2. The maximum atomic E-state index is 13.9. The fraction of sp³-hybridized carbons (Fsp3) is 0.500. The summed E-state index contributed by atoms with van der Waals surface area (Å²) in [7, 11) is 0. The van der Waals surface area contributed by atoms with E-state index < -0.39 is 23.9 Å². The number of alkyl halides is 3. The molecule has 8 heteroatoms. The Bertz CT molecular complexity index is 1340. The molecule has 1 aliphatic heterocycles. The Kier molecular flexibility index (Phi) is 5.70. The molecule has 4 nitrogen and oxygen atoms in total. The highest BCUT2D eigenvalue weighted by molar-refractivity contribution is 5.97. The second kappa shape index (κ2) is 8.68. The van der Waals surface area contributed by atoms with Crippen LogP contribution in [0.15, 0.2) is 30.3 Å². The van der Waals surface area contributed by atoms with Crippen molar-refractivity contribution in [3.8, 4) is 0 Å². The zero-order valence-corrected chi connectivity index (χ0v) is 20.1. The standard InChI is InChI=1S/C28H29F4N3O/c29-20-7-6-17-12-21-19(10-18(17)11-20)14-27(15-33-16-27)26(36)22(21)13-25-34-23-4-1-2-5-24(23)35(25)9-3-8-28(30,31)32/h6-7,10-12,22,33H,1-5,8-9,13-16H2. The third-order valence-electron chi connectivity index (χ3n) is 8.27. The molecular formula is C28H29F4N3O. The summed E-state index contributed by atoms with van der Waals surface area (Å²) in [6.45, 7) is 1.48. The number of aromatic nitrogens is 2. The van der Waals surface area contributed by atoms with Crippen LogP contribution < -0.4 is 5.32 Å². The van der Waals surface area contributed by atoms with Gasteiger partial charge in [0.05, 0.1) is 17.0 Å². The summed E-state index contributed by atoms with van der Waals surface area (Å²) in [4.78, 5) is 18.8. The lowest BCUT2D eigenvalue weighted by atomic mass is 9.62. The predicted molar refractivity (Wildman–Crippen MR) is 129 cm³/mol. The molecule has 190 valence electrons. The second-order valence-electron chi connectivity index (χ2n) is 10.7. The van der Waals surface area contributed by atoms with Gasteiger partial charge in [-0.25, -0.2) is 9.37 Å². The van der Waals surface area contributed by atoms with E-state index in [0.29, 0.717) is 25.9 Å². The maximum Gasteiger partial charge on any atom is 0.389 e. The molecule has 1 spiro atoms. The lowest BCUT2D eigenvalue weighted by Crippen LogP contribution is -2.62. The zero-order valence-electron chi connectivity index (χ0n) is 20.1. The summed E-state index contributed by atoms with van der Waals surface area (Å²) in [5.74, 6) is 0.183. The number of Topliss-reactive ketones (excluding diaryl/α,β-unsaturated/α-hetero) is 1. The number of nitrogens with zero attached hydrogens (tertiary/aromatic N) is 2. The molecule has 1 unspecified atom stereocenters. The first-order valence-electron chi connectivity index (χ1n) is 12.8. The summed E-state index contributed by atoms with van der Waals surface area (Å²) in [6.07, 6.45) is -0.368. The van der Waals surface area contributed by atoms with Crippen LogP contribution in [0.5, 0.6) is 0 Å². The molecule has 1 aromatic heterocycles. The van der Waals surface area contributed by atoms with Crippen LogP contribution in [0.2, 0.25) is 0 Å². The number of fused-ring (bicyclic) bond motifs is 3. The number of carbonyl (C=O) groups excluding carboxylic acids is 1. The molecule has 3 aromatic rings. The first kappa shape index (κ1) is 23.6. The number of rotatable bonds is 5. The molecule has 1 saturated heterocycles. The lowest BCUT2D eigenvalue weighted by Gasteiger charge is -2.47. The van der Waals surface area contributed by atoms with Crippen molar-refractivity contribution < 1.29 is 22.4 Å². The van der Waals surface area contributed by atoms with Crippen molar-refractivity contribution in [3.63, 3.8) is 0 Å². The van der Waals surface area contributed by atoms with Crippen molar-refractivity contribution in [2.75, 3.05) is 13.1 Å². The molecule has 0 bridgehead atoms. The SMILES string of the molecule is O=C1C(Cc2nc3c(n2CCCC(F)(F)F)CCCC3)c2cc3ccc(F)cc3cc2CC12CNC2. The van der Waals surface area contributed by atoms with Gasteiger partial charge in [-0.05, 0) is 72.6 Å². The molecule has 0 radical (unpaired) electrons. The maximum absolute atomic E-state index is 13.9. The molecular weight excluding hydrogens is 470 g/mol. The van der Waals surface area contributed by atoms with Crippen LogP contribution in [0.4, 0.5) is 17.6 Å². The van der Waals surface area contributed by atoms with Crippen LogP contribution >= 0.6 is 0 Å². The number of imidazole rings is 1. The van der Waals surface area contributed by atoms with E-state index in [0.717, 1.165) is 64.8 Å². The van der Waals surface area contributed by atoms with Crippen molar-refractivity contribution in [2.24, 2.45) is 5.41 Å². The second-order valence-corrected chi connectivity index (χ2v) is 10.7. The van der Waals surface area contributed by atoms with Gasteiger partial charge < -0.3 is 9.88 Å². The Balaban J connectivity index is 1.40. The summed E-state index contributed by atoms with van der Waals surface area (Å²) in [5.41, 5.74) is 3.53. The Hall–Kier alpha value is -2.74. The predicted octanol–water partition coefficient (Wildman–Crippen LogP) is 5.44. The Morgan fingerprint density at radius 1 is 1.08 bits per heavy atom. The summed E-state index contributed by atoms with van der Waals surface area (Å²) in [6, 6.07) is 8.69. The van der Waals surface area contributed by atoms with Gasteiger partial charge >= 0.3 is 6.18 Å². The minimum absolute atomic E-state index is 0.00143. The van der Waals surface area contributed by atoms with E-state index in [2.05, 4.69) is 5.32 Å². The van der Waals surface area contributed by atoms with Crippen molar-refractivity contribution in [3.05, 3.63) is 64.5 Å². The highest BCUT2D eigenvalue weighted by Gasteiger charge is 2.51.